The Morgan fingerprint density at radius 1 is 0.833 bits per heavy atom. The fourth-order valence-electron chi connectivity index (χ4n) is 2.60. The SMILES string of the molecule is CC(CCCCCc1ccc(Cl)cc1)S(=O)(=O)c1ccc(Cl)cc1. The Hall–Kier alpha value is -1.03. The van der Waals surface area contributed by atoms with E-state index in [0.717, 1.165) is 30.7 Å². The van der Waals surface area contributed by atoms with Gasteiger partial charge in [0, 0.05) is 10.0 Å². The van der Waals surface area contributed by atoms with Gasteiger partial charge < -0.3 is 0 Å². The Morgan fingerprint density at radius 2 is 1.38 bits per heavy atom. The largest absolute Gasteiger partial charge is 0.223 e. The van der Waals surface area contributed by atoms with Crippen LogP contribution in [0.5, 0.6) is 0 Å². The first-order valence-electron chi connectivity index (χ1n) is 8.13. The highest BCUT2D eigenvalue weighted by Gasteiger charge is 2.22. The lowest BCUT2D eigenvalue weighted by Crippen LogP contribution is -2.17. The summed E-state index contributed by atoms with van der Waals surface area (Å²) >= 11 is 11.7. The first-order chi connectivity index (χ1) is 11.4. The van der Waals surface area contributed by atoms with Gasteiger partial charge in [0.05, 0.1) is 10.1 Å². The minimum Gasteiger partial charge on any atom is -0.223 e. The zero-order chi connectivity index (χ0) is 17.6. The topological polar surface area (TPSA) is 34.1 Å². The van der Waals surface area contributed by atoms with Crippen molar-refractivity contribution < 1.29 is 8.42 Å². The summed E-state index contributed by atoms with van der Waals surface area (Å²) in [6.45, 7) is 1.78. The summed E-state index contributed by atoms with van der Waals surface area (Å²) in [4.78, 5) is 0.348. The second-order valence-corrected chi connectivity index (χ2v) is 9.27. The maximum absolute atomic E-state index is 12.5. The smallest absolute Gasteiger partial charge is 0.180 e. The Labute approximate surface area is 154 Å². The van der Waals surface area contributed by atoms with Gasteiger partial charge in [-0.25, -0.2) is 8.42 Å². The number of rotatable bonds is 8. The Bertz CT molecular complexity index is 738. The highest BCUT2D eigenvalue weighted by atomic mass is 35.5. The summed E-state index contributed by atoms with van der Waals surface area (Å²) in [6.07, 6.45) is 4.64. The number of sulfone groups is 1. The predicted octanol–water partition coefficient (Wildman–Crippen LogP) is 5.96. The molecule has 0 heterocycles. The fourth-order valence-corrected chi connectivity index (χ4v) is 4.31. The molecule has 1 atom stereocenters. The van der Waals surface area contributed by atoms with Crippen molar-refractivity contribution in [1.29, 1.82) is 0 Å². The number of aryl methyl sites for hydroxylation is 1. The minimum atomic E-state index is -3.27. The van der Waals surface area contributed by atoms with Crippen LogP contribution in [-0.4, -0.2) is 13.7 Å². The maximum Gasteiger partial charge on any atom is 0.180 e. The Morgan fingerprint density at radius 3 is 1.96 bits per heavy atom. The lowest BCUT2D eigenvalue weighted by atomic mass is 10.1. The monoisotopic (exact) mass is 384 g/mol. The second kappa shape index (κ2) is 8.89. The Kier molecular flexibility index (Phi) is 7.15. The van der Waals surface area contributed by atoms with Crippen molar-refractivity contribution in [2.75, 3.05) is 0 Å². The molecule has 0 saturated carbocycles. The molecule has 0 amide bonds. The van der Waals surface area contributed by atoms with Crippen LogP contribution in [0.4, 0.5) is 0 Å². The van der Waals surface area contributed by atoms with E-state index >= 15 is 0 Å². The molecule has 0 spiro atoms. The first kappa shape index (κ1) is 19.3. The summed E-state index contributed by atoms with van der Waals surface area (Å²) in [5.41, 5.74) is 1.27. The molecule has 2 aromatic rings. The lowest BCUT2D eigenvalue weighted by molar-refractivity contribution is 0.564. The summed E-state index contributed by atoms with van der Waals surface area (Å²) < 4.78 is 25.0. The first-order valence-corrected chi connectivity index (χ1v) is 10.4. The zero-order valence-corrected chi connectivity index (χ0v) is 16.0. The van der Waals surface area contributed by atoms with E-state index in [1.54, 1.807) is 31.2 Å². The van der Waals surface area contributed by atoms with E-state index in [0.29, 0.717) is 16.3 Å². The van der Waals surface area contributed by atoms with Crippen LogP contribution in [0.2, 0.25) is 10.0 Å². The van der Waals surface area contributed by atoms with Gasteiger partial charge in [-0.15, -0.1) is 0 Å². The molecule has 130 valence electrons. The Balaban J connectivity index is 1.77. The quantitative estimate of drug-likeness (QED) is 0.526. The number of unbranched alkanes of at least 4 members (excludes halogenated alkanes) is 2. The summed E-state index contributed by atoms with van der Waals surface area (Å²) in [7, 11) is -3.27. The van der Waals surface area contributed by atoms with E-state index in [-0.39, 0.29) is 5.25 Å². The molecule has 0 saturated heterocycles. The van der Waals surface area contributed by atoms with Crippen molar-refractivity contribution in [3.05, 3.63) is 64.1 Å². The van der Waals surface area contributed by atoms with Crippen LogP contribution in [0.3, 0.4) is 0 Å². The molecule has 0 N–H and O–H groups in total. The van der Waals surface area contributed by atoms with Crippen molar-refractivity contribution >= 4 is 33.0 Å². The number of hydrogen-bond donors (Lipinski definition) is 0. The van der Waals surface area contributed by atoms with Crippen molar-refractivity contribution in [3.63, 3.8) is 0 Å². The average molecular weight is 385 g/mol. The van der Waals surface area contributed by atoms with Gasteiger partial charge in [0.2, 0.25) is 0 Å². The molecule has 1 unspecified atom stereocenters. The van der Waals surface area contributed by atoms with E-state index in [1.807, 2.05) is 24.3 Å². The van der Waals surface area contributed by atoms with Gasteiger partial charge in [0.15, 0.2) is 9.84 Å². The van der Waals surface area contributed by atoms with Gasteiger partial charge in [0.25, 0.3) is 0 Å². The number of benzene rings is 2. The minimum absolute atomic E-state index is 0.348. The van der Waals surface area contributed by atoms with E-state index in [1.165, 1.54) is 5.56 Å². The molecule has 2 nitrogen and oxygen atoms in total. The molecule has 0 aliphatic heterocycles. The van der Waals surface area contributed by atoms with Crippen molar-refractivity contribution in [2.45, 2.75) is 49.2 Å². The molecule has 24 heavy (non-hydrogen) atoms. The highest BCUT2D eigenvalue weighted by Crippen LogP contribution is 2.22. The molecule has 2 rings (SSSR count). The molecular formula is C19H22Cl2O2S. The van der Waals surface area contributed by atoms with Gasteiger partial charge in [-0.05, 0) is 68.1 Å². The van der Waals surface area contributed by atoms with Crippen LogP contribution in [0.25, 0.3) is 0 Å². The van der Waals surface area contributed by atoms with Gasteiger partial charge in [-0.2, -0.15) is 0 Å². The second-order valence-electron chi connectivity index (χ2n) is 6.04. The summed E-state index contributed by atoms with van der Waals surface area (Å²) in [5, 5.41) is 0.915. The lowest BCUT2D eigenvalue weighted by Gasteiger charge is -2.13. The molecule has 0 aliphatic carbocycles. The van der Waals surface area contributed by atoms with Crippen molar-refractivity contribution in [2.24, 2.45) is 0 Å². The molecule has 2 aromatic carbocycles. The normalized spacial score (nSPS) is 13.0. The highest BCUT2D eigenvalue weighted by molar-refractivity contribution is 7.92. The van der Waals surface area contributed by atoms with E-state index in [4.69, 9.17) is 23.2 Å². The van der Waals surface area contributed by atoms with Gasteiger partial charge in [-0.3, -0.25) is 0 Å². The van der Waals surface area contributed by atoms with Crippen LogP contribution in [0.1, 0.15) is 38.2 Å². The third-order valence-electron chi connectivity index (χ3n) is 4.16. The molecule has 0 bridgehead atoms. The van der Waals surface area contributed by atoms with E-state index in [2.05, 4.69) is 0 Å². The molecule has 0 fully saturated rings. The standard InChI is InChI=1S/C19H22Cl2O2S/c1-15(24(22,23)19-13-11-18(21)12-14-19)5-3-2-4-6-16-7-9-17(20)10-8-16/h7-15H,2-6H2,1H3. The molecule has 0 aliphatic rings. The van der Waals surface area contributed by atoms with Crippen LogP contribution >= 0.6 is 23.2 Å². The fraction of sp³-hybridized carbons (Fsp3) is 0.368. The molecule has 5 heteroatoms. The maximum atomic E-state index is 12.5. The van der Waals surface area contributed by atoms with Crippen molar-refractivity contribution in [1.82, 2.24) is 0 Å². The van der Waals surface area contributed by atoms with Crippen LogP contribution < -0.4 is 0 Å². The van der Waals surface area contributed by atoms with Crippen LogP contribution in [0.15, 0.2) is 53.4 Å². The molecular weight excluding hydrogens is 363 g/mol. The van der Waals surface area contributed by atoms with Gasteiger partial charge in [-0.1, -0.05) is 48.2 Å². The third-order valence-corrected chi connectivity index (χ3v) is 6.89. The predicted molar refractivity (Wildman–Crippen MR) is 102 cm³/mol. The number of halogens is 2. The van der Waals surface area contributed by atoms with E-state index < -0.39 is 9.84 Å². The van der Waals surface area contributed by atoms with Crippen molar-refractivity contribution in [3.8, 4) is 0 Å². The third kappa shape index (κ3) is 5.51. The van der Waals surface area contributed by atoms with Crippen LogP contribution in [0, 0.1) is 0 Å². The van der Waals surface area contributed by atoms with E-state index in [9.17, 15) is 8.42 Å². The molecule has 0 radical (unpaired) electrons. The number of hydrogen-bond acceptors (Lipinski definition) is 2. The van der Waals surface area contributed by atoms with Gasteiger partial charge >= 0.3 is 0 Å². The summed E-state index contributed by atoms with van der Waals surface area (Å²) in [6, 6.07) is 14.3. The average Bonchev–Trinajstić information content (AvgIpc) is 2.56. The molecule has 0 aromatic heterocycles. The van der Waals surface area contributed by atoms with Crippen LogP contribution in [-0.2, 0) is 16.3 Å². The zero-order valence-electron chi connectivity index (χ0n) is 13.7. The summed E-state index contributed by atoms with van der Waals surface area (Å²) in [5.74, 6) is 0. The van der Waals surface area contributed by atoms with Gasteiger partial charge in [0.1, 0.15) is 0 Å².